The molecular weight excluding hydrogens is 264 g/mol. The number of hydrogen-bond donors (Lipinski definition) is 2. The molecule has 0 radical (unpaired) electrons. The third kappa shape index (κ3) is 3.84. The number of anilines is 2. The van der Waals surface area contributed by atoms with Crippen molar-refractivity contribution < 1.29 is 4.79 Å². The summed E-state index contributed by atoms with van der Waals surface area (Å²) in [5.74, 6) is 0.0273. The number of rotatable bonds is 6. The van der Waals surface area contributed by atoms with Crippen LogP contribution in [0.5, 0.6) is 0 Å². The molecule has 0 bridgehead atoms. The Morgan fingerprint density at radius 2 is 2.05 bits per heavy atom. The SMILES string of the molecule is CCC(=O)Nc1cccc(NCc2cnn(CC)c2)c1C. The summed E-state index contributed by atoms with van der Waals surface area (Å²) in [5, 5.41) is 10.6. The quantitative estimate of drug-likeness (QED) is 0.857. The first-order valence-electron chi connectivity index (χ1n) is 7.28. The molecule has 5 nitrogen and oxygen atoms in total. The number of nitrogens with one attached hydrogen (secondary N) is 2. The summed E-state index contributed by atoms with van der Waals surface area (Å²) in [6.07, 6.45) is 4.38. The Kier molecular flexibility index (Phi) is 4.98. The molecule has 21 heavy (non-hydrogen) atoms. The normalized spacial score (nSPS) is 10.4. The summed E-state index contributed by atoms with van der Waals surface area (Å²) in [6.45, 7) is 7.50. The maximum absolute atomic E-state index is 11.5. The molecule has 0 spiro atoms. The summed E-state index contributed by atoms with van der Waals surface area (Å²) in [6, 6.07) is 5.88. The molecule has 0 saturated heterocycles. The lowest BCUT2D eigenvalue weighted by atomic mass is 10.1. The van der Waals surface area contributed by atoms with Crippen molar-refractivity contribution in [1.29, 1.82) is 0 Å². The molecule has 1 amide bonds. The van der Waals surface area contributed by atoms with Crippen molar-refractivity contribution in [2.24, 2.45) is 0 Å². The van der Waals surface area contributed by atoms with Crippen LogP contribution in [-0.4, -0.2) is 15.7 Å². The summed E-state index contributed by atoms with van der Waals surface area (Å²) in [4.78, 5) is 11.5. The van der Waals surface area contributed by atoms with Crippen molar-refractivity contribution in [2.45, 2.75) is 40.3 Å². The molecule has 5 heteroatoms. The molecule has 1 heterocycles. The fraction of sp³-hybridized carbons (Fsp3) is 0.375. The first-order valence-corrected chi connectivity index (χ1v) is 7.28. The van der Waals surface area contributed by atoms with Gasteiger partial charge in [0.25, 0.3) is 0 Å². The summed E-state index contributed by atoms with van der Waals surface area (Å²) >= 11 is 0. The highest BCUT2D eigenvalue weighted by molar-refractivity contribution is 5.92. The maximum atomic E-state index is 11.5. The van der Waals surface area contributed by atoms with Gasteiger partial charge in [-0.3, -0.25) is 9.48 Å². The van der Waals surface area contributed by atoms with Gasteiger partial charge in [0.15, 0.2) is 0 Å². The second kappa shape index (κ2) is 6.92. The zero-order valence-corrected chi connectivity index (χ0v) is 12.8. The second-order valence-corrected chi connectivity index (χ2v) is 4.94. The lowest BCUT2D eigenvalue weighted by Crippen LogP contribution is -2.11. The zero-order valence-electron chi connectivity index (χ0n) is 12.8. The lowest BCUT2D eigenvalue weighted by Gasteiger charge is -2.13. The van der Waals surface area contributed by atoms with Crippen LogP contribution in [0.25, 0.3) is 0 Å². The average molecular weight is 286 g/mol. The number of nitrogens with zero attached hydrogens (tertiary/aromatic N) is 2. The highest BCUT2D eigenvalue weighted by atomic mass is 16.1. The number of aryl methyl sites for hydroxylation is 1. The number of benzene rings is 1. The maximum Gasteiger partial charge on any atom is 0.224 e. The molecule has 2 N–H and O–H groups in total. The van der Waals surface area contributed by atoms with Gasteiger partial charge in [-0.2, -0.15) is 5.10 Å². The Morgan fingerprint density at radius 1 is 1.29 bits per heavy atom. The minimum Gasteiger partial charge on any atom is -0.381 e. The van der Waals surface area contributed by atoms with Gasteiger partial charge in [0, 0.05) is 42.6 Å². The van der Waals surface area contributed by atoms with Crippen molar-refractivity contribution in [2.75, 3.05) is 10.6 Å². The van der Waals surface area contributed by atoms with Crippen LogP contribution in [0.1, 0.15) is 31.4 Å². The van der Waals surface area contributed by atoms with E-state index in [1.54, 1.807) is 0 Å². The molecule has 0 aliphatic rings. The second-order valence-electron chi connectivity index (χ2n) is 4.94. The van der Waals surface area contributed by atoms with Gasteiger partial charge in [0.05, 0.1) is 6.20 Å². The topological polar surface area (TPSA) is 59.0 Å². The van der Waals surface area contributed by atoms with Gasteiger partial charge in [-0.1, -0.05) is 13.0 Å². The van der Waals surface area contributed by atoms with E-state index in [0.717, 1.165) is 29.0 Å². The summed E-state index contributed by atoms with van der Waals surface area (Å²) < 4.78 is 1.90. The molecule has 0 aliphatic heterocycles. The summed E-state index contributed by atoms with van der Waals surface area (Å²) in [5.41, 5.74) is 4.06. The van der Waals surface area contributed by atoms with Crippen LogP contribution in [0.15, 0.2) is 30.6 Å². The molecule has 2 rings (SSSR count). The molecule has 112 valence electrons. The molecular formula is C16H22N4O. The van der Waals surface area contributed by atoms with Gasteiger partial charge in [-0.05, 0) is 31.5 Å². The average Bonchev–Trinajstić information content (AvgIpc) is 2.96. The molecule has 1 aromatic carbocycles. The highest BCUT2D eigenvalue weighted by Gasteiger charge is 2.06. The zero-order chi connectivity index (χ0) is 15.2. The minimum atomic E-state index is 0.0273. The van der Waals surface area contributed by atoms with Crippen molar-refractivity contribution in [3.8, 4) is 0 Å². The smallest absolute Gasteiger partial charge is 0.224 e. The van der Waals surface area contributed by atoms with Crippen molar-refractivity contribution >= 4 is 17.3 Å². The Balaban J connectivity index is 2.06. The van der Waals surface area contributed by atoms with Crippen LogP contribution in [0, 0.1) is 6.92 Å². The fourth-order valence-corrected chi connectivity index (χ4v) is 2.07. The standard InChI is InChI=1S/C16H22N4O/c1-4-16(21)19-15-8-6-7-14(12(15)3)17-9-13-10-18-20(5-2)11-13/h6-8,10-11,17H,4-5,9H2,1-3H3,(H,19,21). The molecule has 2 aromatic rings. The lowest BCUT2D eigenvalue weighted by molar-refractivity contribution is -0.115. The number of carbonyl (C=O) groups excluding carboxylic acids is 1. The van der Waals surface area contributed by atoms with Gasteiger partial charge < -0.3 is 10.6 Å². The molecule has 1 aromatic heterocycles. The van der Waals surface area contributed by atoms with Crippen LogP contribution in [0.2, 0.25) is 0 Å². The van der Waals surface area contributed by atoms with E-state index >= 15 is 0 Å². The van der Waals surface area contributed by atoms with Gasteiger partial charge in [-0.25, -0.2) is 0 Å². The van der Waals surface area contributed by atoms with E-state index in [2.05, 4.69) is 22.7 Å². The van der Waals surface area contributed by atoms with Gasteiger partial charge in [0.1, 0.15) is 0 Å². The molecule has 0 atom stereocenters. The van der Waals surface area contributed by atoms with E-state index < -0.39 is 0 Å². The Bertz CT molecular complexity index is 618. The van der Waals surface area contributed by atoms with Crippen molar-refractivity contribution in [1.82, 2.24) is 9.78 Å². The Morgan fingerprint density at radius 3 is 2.71 bits per heavy atom. The first-order chi connectivity index (χ1) is 10.1. The predicted octanol–water partition coefficient (Wildman–Crippen LogP) is 3.17. The van der Waals surface area contributed by atoms with Gasteiger partial charge in [-0.15, -0.1) is 0 Å². The van der Waals surface area contributed by atoms with Gasteiger partial charge >= 0.3 is 0 Å². The minimum absolute atomic E-state index is 0.0273. The van der Waals surface area contributed by atoms with E-state index in [0.29, 0.717) is 13.0 Å². The van der Waals surface area contributed by atoms with Crippen LogP contribution in [0.4, 0.5) is 11.4 Å². The number of carbonyl (C=O) groups is 1. The van der Waals surface area contributed by atoms with Gasteiger partial charge in [0.2, 0.25) is 5.91 Å². The molecule has 0 unspecified atom stereocenters. The largest absolute Gasteiger partial charge is 0.381 e. The van der Waals surface area contributed by atoms with Crippen LogP contribution < -0.4 is 10.6 Å². The Hall–Kier alpha value is -2.30. The number of aromatic nitrogens is 2. The van der Waals surface area contributed by atoms with E-state index in [-0.39, 0.29) is 5.91 Å². The first kappa shape index (κ1) is 15.1. The summed E-state index contributed by atoms with van der Waals surface area (Å²) in [7, 11) is 0. The van der Waals surface area contributed by atoms with E-state index in [1.807, 2.05) is 49.1 Å². The van der Waals surface area contributed by atoms with E-state index in [1.165, 1.54) is 0 Å². The van der Waals surface area contributed by atoms with E-state index in [9.17, 15) is 4.79 Å². The van der Waals surface area contributed by atoms with Crippen LogP contribution in [0.3, 0.4) is 0 Å². The van der Waals surface area contributed by atoms with E-state index in [4.69, 9.17) is 0 Å². The van der Waals surface area contributed by atoms with Crippen molar-refractivity contribution in [3.63, 3.8) is 0 Å². The fourth-order valence-electron chi connectivity index (χ4n) is 2.07. The Labute approximate surface area is 125 Å². The number of hydrogen-bond acceptors (Lipinski definition) is 3. The highest BCUT2D eigenvalue weighted by Crippen LogP contribution is 2.24. The van der Waals surface area contributed by atoms with Crippen LogP contribution in [-0.2, 0) is 17.9 Å². The third-order valence-electron chi connectivity index (χ3n) is 3.42. The number of amides is 1. The van der Waals surface area contributed by atoms with Crippen molar-refractivity contribution in [3.05, 3.63) is 41.7 Å². The molecule has 0 saturated carbocycles. The van der Waals surface area contributed by atoms with Crippen LogP contribution >= 0.6 is 0 Å². The molecule has 0 fully saturated rings. The monoisotopic (exact) mass is 286 g/mol. The molecule has 0 aliphatic carbocycles. The predicted molar refractivity (Wildman–Crippen MR) is 85.3 cm³/mol. The third-order valence-corrected chi connectivity index (χ3v) is 3.42.